The van der Waals surface area contributed by atoms with Gasteiger partial charge in [0, 0.05) is 30.6 Å². The first kappa shape index (κ1) is 24.1. The van der Waals surface area contributed by atoms with Crippen LogP contribution < -0.4 is 16.0 Å². The Morgan fingerprint density at radius 2 is 1.67 bits per heavy atom. The van der Waals surface area contributed by atoms with E-state index in [1.54, 1.807) is 6.07 Å². The predicted octanol–water partition coefficient (Wildman–Crippen LogP) is 3.98. The van der Waals surface area contributed by atoms with Crippen molar-refractivity contribution < 1.29 is 9.18 Å². The normalized spacial score (nSPS) is 14.4. The smallest absolute Gasteiger partial charge is 0.251 e. The van der Waals surface area contributed by atoms with Crippen LogP contribution in [0.25, 0.3) is 0 Å². The lowest BCUT2D eigenvalue weighted by atomic mass is 9.95. The zero-order chi connectivity index (χ0) is 20.7. The fourth-order valence-electron chi connectivity index (χ4n) is 3.37. The van der Waals surface area contributed by atoms with Gasteiger partial charge in [-0.2, -0.15) is 0 Å². The summed E-state index contributed by atoms with van der Waals surface area (Å²) in [5, 5.41) is 9.41. The Morgan fingerprint density at radius 3 is 2.27 bits per heavy atom. The minimum atomic E-state index is -0.143. The lowest BCUT2D eigenvalue weighted by Crippen LogP contribution is -2.41. The molecule has 3 rings (SSSR count). The second-order valence-electron chi connectivity index (χ2n) is 7.37. The standard InChI is InChI=1S/C23H29FN4O.HI/c1-3-25-21(29)18-11-9-17(10-12-18)15-27-22(26-4-2)28-16-23(13-14-23)19-7-5-6-8-20(19)24;/h5-12H,3-4,13-16H2,1-2H3,(H,25,29)(H2,26,27,28);1H. The lowest BCUT2D eigenvalue weighted by Gasteiger charge is -2.19. The van der Waals surface area contributed by atoms with E-state index in [-0.39, 0.29) is 41.1 Å². The molecule has 0 spiro atoms. The second-order valence-corrected chi connectivity index (χ2v) is 7.37. The predicted molar refractivity (Wildman–Crippen MR) is 130 cm³/mol. The molecule has 3 N–H and O–H groups in total. The van der Waals surface area contributed by atoms with Crippen molar-refractivity contribution in [2.75, 3.05) is 19.6 Å². The number of nitrogens with zero attached hydrogens (tertiary/aromatic N) is 1. The highest BCUT2D eigenvalue weighted by atomic mass is 127. The Balaban J connectivity index is 0.00000320. The van der Waals surface area contributed by atoms with Crippen LogP contribution in [0.15, 0.2) is 53.5 Å². The van der Waals surface area contributed by atoms with E-state index in [4.69, 9.17) is 0 Å². The molecule has 0 atom stereocenters. The number of carbonyl (C=O) groups excluding carboxylic acids is 1. The maximum atomic E-state index is 14.2. The van der Waals surface area contributed by atoms with Gasteiger partial charge in [-0.05, 0) is 56.0 Å². The van der Waals surface area contributed by atoms with Gasteiger partial charge in [0.25, 0.3) is 5.91 Å². The van der Waals surface area contributed by atoms with Crippen molar-refractivity contribution in [2.45, 2.75) is 38.6 Å². The van der Waals surface area contributed by atoms with Crippen LogP contribution in [-0.2, 0) is 12.0 Å². The van der Waals surface area contributed by atoms with Crippen molar-refractivity contribution in [1.82, 2.24) is 16.0 Å². The van der Waals surface area contributed by atoms with Crippen molar-refractivity contribution in [2.24, 2.45) is 4.99 Å². The molecule has 1 amide bonds. The van der Waals surface area contributed by atoms with Crippen LogP contribution in [0.4, 0.5) is 4.39 Å². The fourth-order valence-corrected chi connectivity index (χ4v) is 3.37. The summed E-state index contributed by atoms with van der Waals surface area (Å²) in [5.41, 5.74) is 2.30. The Hall–Kier alpha value is -2.16. The molecule has 0 aliphatic heterocycles. The highest BCUT2D eigenvalue weighted by molar-refractivity contribution is 14.0. The molecule has 1 saturated carbocycles. The van der Waals surface area contributed by atoms with E-state index in [2.05, 4.69) is 20.9 Å². The molecule has 1 aliphatic carbocycles. The number of hydrogen-bond donors (Lipinski definition) is 3. The molecule has 30 heavy (non-hydrogen) atoms. The number of carbonyl (C=O) groups is 1. The third-order valence-electron chi connectivity index (χ3n) is 5.21. The van der Waals surface area contributed by atoms with E-state index >= 15 is 0 Å². The third kappa shape index (κ3) is 6.17. The Kier molecular flexibility index (Phi) is 9.08. The molecule has 0 saturated heterocycles. The quantitative estimate of drug-likeness (QED) is 0.278. The highest BCUT2D eigenvalue weighted by Crippen LogP contribution is 2.48. The maximum Gasteiger partial charge on any atom is 0.251 e. The third-order valence-corrected chi connectivity index (χ3v) is 5.21. The molecule has 0 bridgehead atoms. The van der Waals surface area contributed by atoms with Crippen molar-refractivity contribution in [3.05, 3.63) is 71.0 Å². The number of hydrogen-bond acceptors (Lipinski definition) is 2. The summed E-state index contributed by atoms with van der Waals surface area (Å²) in [5.74, 6) is 0.504. The number of guanidine groups is 1. The van der Waals surface area contributed by atoms with Gasteiger partial charge in [-0.25, -0.2) is 9.38 Å². The Bertz CT molecular complexity index is 866. The first-order valence-corrected chi connectivity index (χ1v) is 10.2. The van der Waals surface area contributed by atoms with Gasteiger partial charge in [-0.3, -0.25) is 4.79 Å². The zero-order valence-electron chi connectivity index (χ0n) is 17.5. The minimum absolute atomic E-state index is 0. The molecule has 0 unspecified atom stereocenters. The highest BCUT2D eigenvalue weighted by Gasteiger charge is 2.45. The monoisotopic (exact) mass is 524 g/mol. The summed E-state index contributed by atoms with van der Waals surface area (Å²) in [4.78, 5) is 16.5. The van der Waals surface area contributed by atoms with Gasteiger partial charge in [0.1, 0.15) is 5.82 Å². The number of amides is 1. The van der Waals surface area contributed by atoms with Gasteiger partial charge in [0.2, 0.25) is 0 Å². The second kappa shape index (κ2) is 11.3. The summed E-state index contributed by atoms with van der Waals surface area (Å²) in [6.07, 6.45) is 1.95. The van der Waals surface area contributed by atoms with E-state index in [0.717, 1.165) is 30.5 Å². The molecule has 2 aromatic rings. The number of benzene rings is 2. The molecule has 1 fully saturated rings. The van der Waals surface area contributed by atoms with E-state index in [0.29, 0.717) is 31.2 Å². The average Bonchev–Trinajstić information content (AvgIpc) is 3.52. The summed E-state index contributed by atoms with van der Waals surface area (Å²) >= 11 is 0. The van der Waals surface area contributed by atoms with Crippen LogP contribution in [-0.4, -0.2) is 31.5 Å². The lowest BCUT2D eigenvalue weighted by molar-refractivity contribution is 0.0956. The molecule has 162 valence electrons. The van der Waals surface area contributed by atoms with Crippen molar-refractivity contribution in [1.29, 1.82) is 0 Å². The van der Waals surface area contributed by atoms with Gasteiger partial charge in [-0.15, -0.1) is 24.0 Å². The summed E-state index contributed by atoms with van der Waals surface area (Å²) < 4.78 is 14.2. The molecule has 0 aromatic heterocycles. The van der Waals surface area contributed by atoms with E-state index in [1.165, 1.54) is 6.07 Å². The van der Waals surface area contributed by atoms with Crippen LogP contribution in [0.3, 0.4) is 0 Å². The summed E-state index contributed by atoms with van der Waals surface area (Å²) in [6, 6.07) is 14.5. The molecule has 2 aromatic carbocycles. The first-order valence-electron chi connectivity index (χ1n) is 10.2. The van der Waals surface area contributed by atoms with Gasteiger partial charge >= 0.3 is 0 Å². The Labute approximate surface area is 195 Å². The molecule has 1 aliphatic rings. The molecule has 7 heteroatoms. The van der Waals surface area contributed by atoms with Crippen LogP contribution in [0, 0.1) is 5.82 Å². The molecule has 0 heterocycles. The Morgan fingerprint density at radius 1 is 1.00 bits per heavy atom. The number of nitrogens with one attached hydrogen (secondary N) is 3. The van der Waals surface area contributed by atoms with E-state index in [9.17, 15) is 9.18 Å². The first-order chi connectivity index (χ1) is 14.1. The minimum Gasteiger partial charge on any atom is -0.357 e. The van der Waals surface area contributed by atoms with E-state index < -0.39 is 0 Å². The van der Waals surface area contributed by atoms with E-state index in [1.807, 2.05) is 50.2 Å². The fraction of sp³-hybridized carbons (Fsp3) is 0.391. The molecule has 0 radical (unpaired) electrons. The number of halogens is 2. The summed E-state index contributed by atoms with van der Waals surface area (Å²) in [6.45, 7) is 6.41. The summed E-state index contributed by atoms with van der Waals surface area (Å²) in [7, 11) is 0. The maximum absolute atomic E-state index is 14.2. The van der Waals surface area contributed by atoms with Crippen molar-refractivity contribution >= 4 is 35.8 Å². The van der Waals surface area contributed by atoms with Gasteiger partial charge in [-0.1, -0.05) is 30.3 Å². The molecular weight excluding hydrogens is 494 g/mol. The van der Waals surface area contributed by atoms with Gasteiger partial charge < -0.3 is 16.0 Å². The largest absolute Gasteiger partial charge is 0.357 e. The van der Waals surface area contributed by atoms with Crippen LogP contribution in [0.5, 0.6) is 0 Å². The number of aliphatic imine (C=N–C) groups is 1. The number of rotatable bonds is 8. The molecule has 5 nitrogen and oxygen atoms in total. The SMILES string of the molecule is CCNC(=O)c1ccc(CN=C(NCC)NCC2(c3ccccc3F)CC2)cc1.I. The van der Waals surface area contributed by atoms with Crippen LogP contribution >= 0.6 is 24.0 Å². The van der Waals surface area contributed by atoms with Crippen LogP contribution in [0.2, 0.25) is 0 Å². The van der Waals surface area contributed by atoms with Crippen molar-refractivity contribution in [3.63, 3.8) is 0 Å². The average molecular weight is 524 g/mol. The van der Waals surface area contributed by atoms with Crippen LogP contribution in [0.1, 0.15) is 48.2 Å². The van der Waals surface area contributed by atoms with Gasteiger partial charge in [0.05, 0.1) is 6.54 Å². The topological polar surface area (TPSA) is 65.5 Å². The van der Waals surface area contributed by atoms with Gasteiger partial charge in [0.15, 0.2) is 5.96 Å². The zero-order valence-corrected chi connectivity index (χ0v) is 19.8. The molecular formula is C23H30FIN4O. The van der Waals surface area contributed by atoms with Crippen molar-refractivity contribution in [3.8, 4) is 0 Å².